The van der Waals surface area contributed by atoms with E-state index in [2.05, 4.69) is 5.32 Å². The lowest BCUT2D eigenvalue weighted by Gasteiger charge is -2.37. The van der Waals surface area contributed by atoms with E-state index < -0.39 is 5.82 Å². The lowest BCUT2D eigenvalue weighted by molar-refractivity contribution is -0.107. The van der Waals surface area contributed by atoms with Gasteiger partial charge in [0.05, 0.1) is 12.1 Å². The molecule has 5 rings (SSSR count). The van der Waals surface area contributed by atoms with Gasteiger partial charge in [0.1, 0.15) is 16.4 Å². The Morgan fingerprint density at radius 3 is 2.44 bits per heavy atom. The Hall–Kier alpha value is -3.46. The zero-order valence-corrected chi connectivity index (χ0v) is 24.9. The Balaban J connectivity index is 1.52. The topological polar surface area (TPSA) is 61.9 Å². The van der Waals surface area contributed by atoms with Gasteiger partial charge in [-0.1, -0.05) is 35.9 Å². The van der Waals surface area contributed by atoms with Gasteiger partial charge in [0, 0.05) is 47.0 Å². The van der Waals surface area contributed by atoms with Gasteiger partial charge in [0.2, 0.25) is 6.41 Å². The number of rotatable bonds is 9. The minimum absolute atomic E-state index is 0.00440. The van der Waals surface area contributed by atoms with Gasteiger partial charge in [0.25, 0.3) is 5.91 Å². The number of ether oxygens (including phenoxy) is 1. The first-order valence-electron chi connectivity index (χ1n) is 13.6. The van der Waals surface area contributed by atoms with E-state index in [0.717, 1.165) is 54.5 Å². The van der Waals surface area contributed by atoms with E-state index in [1.165, 1.54) is 22.3 Å². The maximum Gasteiger partial charge on any atom is 0.266 e. The predicted molar refractivity (Wildman–Crippen MR) is 165 cm³/mol. The summed E-state index contributed by atoms with van der Waals surface area (Å²) in [5.41, 5.74) is 3.61. The zero-order valence-electron chi connectivity index (χ0n) is 23.3. The number of halogens is 2. The second kappa shape index (κ2) is 12.6. The van der Waals surface area contributed by atoms with Crippen molar-refractivity contribution in [3.05, 3.63) is 81.9 Å². The molecule has 0 bridgehead atoms. The molecule has 1 saturated carbocycles. The molecular weight excluding hydrogens is 561 g/mol. The monoisotopic (exact) mass is 593 g/mol. The molecule has 6 nitrogen and oxygen atoms in total. The maximum atomic E-state index is 14.7. The van der Waals surface area contributed by atoms with Gasteiger partial charge in [-0.15, -0.1) is 11.3 Å². The highest BCUT2D eigenvalue weighted by atomic mass is 35.5. The molecule has 4 aromatic rings. The summed E-state index contributed by atoms with van der Waals surface area (Å²) in [6.07, 6.45) is 4.38. The summed E-state index contributed by atoms with van der Waals surface area (Å²) in [5, 5.41) is 3.82. The van der Waals surface area contributed by atoms with Gasteiger partial charge in [-0.2, -0.15) is 0 Å². The van der Waals surface area contributed by atoms with Crippen LogP contribution in [0.1, 0.15) is 40.9 Å². The first-order chi connectivity index (χ1) is 19.8. The van der Waals surface area contributed by atoms with Crippen molar-refractivity contribution < 1.29 is 18.7 Å². The number of anilines is 1. The fourth-order valence-electron chi connectivity index (χ4n) is 5.60. The van der Waals surface area contributed by atoms with Crippen molar-refractivity contribution in [1.82, 2.24) is 10.2 Å². The zero-order chi connectivity index (χ0) is 29.1. The Labute approximate surface area is 248 Å². The van der Waals surface area contributed by atoms with Crippen LogP contribution in [0.2, 0.25) is 5.02 Å². The Morgan fingerprint density at radius 1 is 1.10 bits per heavy atom. The first-order valence-corrected chi connectivity index (χ1v) is 14.8. The molecule has 1 N–H and O–H groups in total. The van der Waals surface area contributed by atoms with Crippen molar-refractivity contribution in [2.24, 2.45) is 0 Å². The van der Waals surface area contributed by atoms with Crippen LogP contribution < -0.4 is 15.0 Å². The fourth-order valence-corrected chi connectivity index (χ4v) is 7.11. The largest absolute Gasteiger partial charge is 0.496 e. The summed E-state index contributed by atoms with van der Waals surface area (Å²) in [5.74, 6) is 0.0575. The molecule has 1 aromatic heterocycles. The van der Waals surface area contributed by atoms with Crippen molar-refractivity contribution in [2.75, 3.05) is 26.1 Å². The Morgan fingerprint density at radius 2 is 1.80 bits per heavy atom. The number of carbonyl (C=O) groups excluding carboxylic acids is 2. The first kappa shape index (κ1) is 29.0. The molecule has 9 heteroatoms. The van der Waals surface area contributed by atoms with E-state index in [0.29, 0.717) is 33.3 Å². The molecular formula is C32H33ClFN3O3S. The molecule has 3 aromatic carbocycles. The molecule has 2 amide bonds. The molecule has 0 saturated heterocycles. The average Bonchev–Trinajstić information content (AvgIpc) is 3.36. The van der Waals surface area contributed by atoms with E-state index in [-0.39, 0.29) is 17.0 Å². The Bertz CT molecular complexity index is 1550. The maximum absolute atomic E-state index is 14.7. The van der Waals surface area contributed by atoms with Crippen LogP contribution in [0.25, 0.3) is 21.2 Å². The number of methoxy groups -OCH3 is 1. The fraction of sp³-hybridized carbons (Fsp3) is 0.312. The number of amides is 2. The van der Waals surface area contributed by atoms with Crippen LogP contribution >= 0.6 is 22.9 Å². The summed E-state index contributed by atoms with van der Waals surface area (Å²) >= 11 is 7.90. The lowest BCUT2D eigenvalue weighted by Crippen LogP contribution is -2.44. The van der Waals surface area contributed by atoms with E-state index in [1.807, 2.05) is 54.4 Å². The molecule has 0 atom stereocenters. The summed E-state index contributed by atoms with van der Waals surface area (Å²) in [6, 6.07) is 18.9. The molecule has 0 spiro atoms. The number of nitrogens with zero attached hydrogens (tertiary/aromatic N) is 2. The van der Waals surface area contributed by atoms with Crippen molar-refractivity contribution in [2.45, 2.75) is 44.3 Å². The number of nitrogens with one attached hydrogen (secondary N) is 1. The van der Waals surface area contributed by atoms with Crippen LogP contribution in [0, 0.1) is 5.82 Å². The number of thiophene rings is 1. The van der Waals surface area contributed by atoms with Crippen LogP contribution in [0.15, 0.2) is 60.7 Å². The van der Waals surface area contributed by atoms with Gasteiger partial charge in [-0.3, -0.25) is 9.59 Å². The molecule has 0 radical (unpaired) electrons. The van der Waals surface area contributed by atoms with Crippen LogP contribution in [0.5, 0.6) is 5.75 Å². The normalized spacial score (nSPS) is 16.9. The van der Waals surface area contributed by atoms with Crippen LogP contribution in [0.4, 0.5) is 10.1 Å². The highest BCUT2D eigenvalue weighted by Crippen LogP contribution is 2.39. The molecule has 41 heavy (non-hydrogen) atoms. The number of hydrogen-bond acceptors (Lipinski definition) is 5. The lowest BCUT2D eigenvalue weighted by atomic mass is 9.89. The Kier molecular flexibility index (Phi) is 8.92. The number of carbonyl (C=O) groups is 2. The third kappa shape index (κ3) is 5.96. The highest BCUT2D eigenvalue weighted by Gasteiger charge is 2.32. The molecule has 0 unspecified atom stereocenters. The van der Waals surface area contributed by atoms with E-state index in [9.17, 15) is 14.0 Å². The molecule has 214 valence electrons. The third-order valence-corrected chi connectivity index (χ3v) is 9.63. The quantitative estimate of drug-likeness (QED) is 0.210. The van der Waals surface area contributed by atoms with Crippen molar-refractivity contribution in [3.63, 3.8) is 0 Å². The summed E-state index contributed by atoms with van der Waals surface area (Å²) < 4.78 is 21.0. The molecule has 1 fully saturated rings. The smallest absolute Gasteiger partial charge is 0.266 e. The van der Waals surface area contributed by atoms with Crippen molar-refractivity contribution in [1.29, 1.82) is 0 Å². The van der Waals surface area contributed by atoms with E-state index >= 15 is 0 Å². The van der Waals surface area contributed by atoms with E-state index in [1.54, 1.807) is 26.3 Å². The number of benzene rings is 3. The molecule has 1 aliphatic carbocycles. The third-order valence-electron chi connectivity index (χ3n) is 7.99. The van der Waals surface area contributed by atoms with Crippen molar-refractivity contribution in [3.8, 4) is 16.9 Å². The average molecular weight is 594 g/mol. The molecule has 0 aliphatic heterocycles. The SMILES string of the molecule is CN[C@H]1CC[C@H](N(Cc2cc(-c3ccc(N(C)C=O)cc3)ccc2OC)C(=O)c2sc3cccc(F)c3c2Cl)CC1. The van der Waals surface area contributed by atoms with Crippen molar-refractivity contribution >= 4 is 51.0 Å². The van der Waals surface area contributed by atoms with Crippen LogP contribution in [0.3, 0.4) is 0 Å². The highest BCUT2D eigenvalue weighted by molar-refractivity contribution is 7.21. The summed E-state index contributed by atoms with van der Waals surface area (Å²) in [4.78, 5) is 29.1. The van der Waals surface area contributed by atoms with Gasteiger partial charge in [-0.05, 0) is 80.3 Å². The summed E-state index contributed by atoms with van der Waals surface area (Å²) in [7, 11) is 5.30. The van der Waals surface area contributed by atoms with Gasteiger partial charge in [0.15, 0.2) is 0 Å². The van der Waals surface area contributed by atoms with Gasteiger partial charge < -0.3 is 19.9 Å². The van der Waals surface area contributed by atoms with Crippen LogP contribution in [-0.4, -0.2) is 50.5 Å². The number of fused-ring (bicyclic) bond motifs is 1. The predicted octanol–water partition coefficient (Wildman–Crippen LogP) is 7.14. The minimum Gasteiger partial charge on any atom is -0.496 e. The van der Waals surface area contributed by atoms with Gasteiger partial charge >= 0.3 is 0 Å². The number of hydrogen-bond donors (Lipinski definition) is 1. The minimum atomic E-state index is -0.427. The molecule has 1 heterocycles. The molecule has 1 aliphatic rings. The second-order valence-corrected chi connectivity index (χ2v) is 11.8. The second-order valence-electron chi connectivity index (χ2n) is 10.4. The van der Waals surface area contributed by atoms with E-state index in [4.69, 9.17) is 16.3 Å². The standard InChI is InChI=1S/C32H33ClFN3O3S/c1-35-23-10-14-25(15-11-23)37(32(39)31-30(33)29-26(34)5-4-6-28(29)41-31)18-22-17-21(9-16-27(22)40-3)20-7-12-24(13-8-20)36(2)19-38/h4-9,12-13,16-17,19,23,25,35H,10-11,14-15,18H2,1-3H3/t23-,25-. The summed E-state index contributed by atoms with van der Waals surface area (Å²) in [6.45, 7) is 0.323. The van der Waals surface area contributed by atoms with Gasteiger partial charge in [-0.25, -0.2) is 4.39 Å². The van der Waals surface area contributed by atoms with Crippen LogP contribution in [-0.2, 0) is 11.3 Å².